The van der Waals surface area contributed by atoms with Crippen LogP contribution in [0.1, 0.15) is 30.9 Å². The molecule has 1 aliphatic rings. The van der Waals surface area contributed by atoms with E-state index in [1.54, 1.807) is 6.92 Å². The lowest BCUT2D eigenvalue weighted by atomic mass is 9.83. The molecule has 0 saturated heterocycles. The van der Waals surface area contributed by atoms with Crippen molar-refractivity contribution in [2.24, 2.45) is 5.73 Å². The van der Waals surface area contributed by atoms with Crippen molar-refractivity contribution >= 4 is 5.97 Å². The highest BCUT2D eigenvalue weighted by Gasteiger charge is 2.36. The highest BCUT2D eigenvalue weighted by Crippen LogP contribution is 2.40. The van der Waals surface area contributed by atoms with Gasteiger partial charge in [-0.2, -0.15) is 5.26 Å². The zero-order valence-electron chi connectivity index (χ0n) is 16.9. The second-order valence-electron chi connectivity index (χ2n) is 6.72. The molecule has 1 heterocycles. The average molecular weight is 426 g/mol. The second kappa shape index (κ2) is 9.30. The number of hydrogen-bond acceptors (Lipinski definition) is 6. The number of carbonyl (C=O) groups is 1. The first kappa shape index (κ1) is 21.8. The average Bonchev–Trinajstić information content (AvgIpc) is 2.73. The van der Waals surface area contributed by atoms with Crippen molar-refractivity contribution < 1.29 is 27.8 Å². The number of halogens is 2. The summed E-state index contributed by atoms with van der Waals surface area (Å²) in [5, 5.41) is 9.57. The lowest BCUT2D eigenvalue weighted by Gasteiger charge is -2.27. The minimum Gasteiger partial charge on any atom is -0.486 e. The Balaban J connectivity index is 1.92. The summed E-state index contributed by atoms with van der Waals surface area (Å²) in [6.45, 7) is 3.33. The minimum absolute atomic E-state index is 0.0203. The van der Waals surface area contributed by atoms with Crippen LogP contribution in [0.4, 0.5) is 8.78 Å². The van der Waals surface area contributed by atoms with Crippen LogP contribution >= 0.6 is 0 Å². The normalized spacial score (nSPS) is 15.9. The number of hydrogen-bond donors (Lipinski definition) is 1. The smallest absolute Gasteiger partial charge is 0.338 e. The van der Waals surface area contributed by atoms with Crippen LogP contribution in [0.2, 0.25) is 0 Å². The first-order chi connectivity index (χ1) is 14.8. The summed E-state index contributed by atoms with van der Waals surface area (Å²) >= 11 is 0. The van der Waals surface area contributed by atoms with Crippen molar-refractivity contribution in [2.45, 2.75) is 26.4 Å². The predicted octanol–water partition coefficient (Wildman–Crippen LogP) is 4.19. The number of nitrogens with two attached hydrogens (primary N) is 1. The summed E-state index contributed by atoms with van der Waals surface area (Å²) in [6.07, 6.45) is 0. The molecule has 31 heavy (non-hydrogen) atoms. The molecule has 2 aromatic rings. The van der Waals surface area contributed by atoms with E-state index < -0.39 is 17.7 Å². The molecule has 0 aliphatic carbocycles. The van der Waals surface area contributed by atoms with Gasteiger partial charge in [0, 0.05) is 0 Å². The van der Waals surface area contributed by atoms with Gasteiger partial charge in [-0.3, -0.25) is 0 Å². The van der Waals surface area contributed by atoms with E-state index in [-0.39, 0.29) is 47.6 Å². The monoisotopic (exact) mass is 426 g/mol. The Morgan fingerprint density at radius 1 is 1.23 bits per heavy atom. The summed E-state index contributed by atoms with van der Waals surface area (Å²) in [7, 11) is 0. The van der Waals surface area contributed by atoms with Crippen molar-refractivity contribution in [3.05, 3.63) is 88.0 Å². The molecular weight excluding hydrogens is 406 g/mol. The highest BCUT2D eigenvalue weighted by atomic mass is 19.1. The number of nitrogens with zero attached hydrogens (tertiary/aromatic N) is 1. The predicted molar refractivity (Wildman–Crippen MR) is 107 cm³/mol. The number of esters is 1. The Morgan fingerprint density at radius 3 is 2.55 bits per heavy atom. The van der Waals surface area contributed by atoms with Crippen molar-refractivity contribution in [3.8, 4) is 11.8 Å². The SMILES string of the molecule is CCOC(=O)C1=C(C)OC(N)=C(C#N)C1c1ccc(OCc2ccc(F)cc2)c(F)c1. The highest BCUT2D eigenvalue weighted by molar-refractivity contribution is 5.92. The first-order valence-electron chi connectivity index (χ1n) is 9.47. The third-order valence-electron chi connectivity index (χ3n) is 4.70. The van der Waals surface area contributed by atoms with E-state index >= 15 is 0 Å². The van der Waals surface area contributed by atoms with E-state index in [1.165, 1.54) is 49.4 Å². The van der Waals surface area contributed by atoms with Gasteiger partial charge < -0.3 is 19.9 Å². The molecule has 0 fully saturated rings. The first-order valence-corrected chi connectivity index (χ1v) is 9.47. The summed E-state index contributed by atoms with van der Waals surface area (Å²) in [5.74, 6) is -2.71. The van der Waals surface area contributed by atoms with E-state index in [0.717, 1.165) is 0 Å². The van der Waals surface area contributed by atoms with Gasteiger partial charge in [0.1, 0.15) is 29.8 Å². The van der Waals surface area contributed by atoms with Crippen molar-refractivity contribution in [1.82, 2.24) is 0 Å². The van der Waals surface area contributed by atoms with Gasteiger partial charge in [0.2, 0.25) is 5.88 Å². The van der Waals surface area contributed by atoms with Crippen LogP contribution in [-0.2, 0) is 20.9 Å². The fourth-order valence-electron chi connectivity index (χ4n) is 3.24. The fourth-order valence-corrected chi connectivity index (χ4v) is 3.24. The Kier molecular flexibility index (Phi) is 6.55. The van der Waals surface area contributed by atoms with Crippen LogP contribution in [0.15, 0.2) is 65.3 Å². The maximum atomic E-state index is 14.8. The maximum absolute atomic E-state index is 14.8. The molecule has 0 aromatic heterocycles. The van der Waals surface area contributed by atoms with Gasteiger partial charge in [-0.25, -0.2) is 13.6 Å². The molecule has 2 aromatic carbocycles. The summed E-state index contributed by atoms with van der Waals surface area (Å²) in [5.41, 5.74) is 6.88. The van der Waals surface area contributed by atoms with E-state index in [0.29, 0.717) is 11.1 Å². The molecule has 0 radical (unpaired) electrons. The molecule has 1 unspecified atom stereocenters. The van der Waals surface area contributed by atoms with Crippen LogP contribution < -0.4 is 10.5 Å². The molecule has 0 spiro atoms. The van der Waals surface area contributed by atoms with Crippen LogP contribution in [0.3, 0.4) is 0 Å². The zero-order chi connectivity index (χ0) is 22.5. The van der Waals surface area contributed by atoms with E-state index in [9.17, 15) is 18.8 Å². The number of ether oxygens (including phenoxy) is 3. The second-order valence-corrected chi connectivity index (χ2v) is 6.72. The molecule has 3 rings (SSSR count). The van der Waals surface area contributed by atoms with Gasteiger partial charge in [-0.15, -0.1) is 0 Å². The largest absolute Gasteiger partial charge is 0.486 e. The van der Waals surface area contributed by atoms with Gasteiger partial charge in [0.05, 0.1) is 18.1 Å². The summed E-state index contributed by atoms with van der Waals surface area (Å²) in [6, 6.07) is 11.7. The van der Waals surface area contributed by atoms with Crippen molar-refractivity contribution in [1.29, 1.82) is 5.26 Å². The summed E-state index contributed by atoms with van der Waals surface area (Å²) < 4.78 is 43.7. The molecule has 160 valence electrons. The fraction of sp³-hybridized carbons (Fsp3) is 0.217. The Morgan fingerprint density at radius 2 is 1.94 bits per heavy atom. The molecule has 8 heteroatoms. The molecule has 2 N–H and O–H groups in total. The summed E-state index contributed by atoms with van der Waals surface area (Å²) in [4.78, 5) is 12.5. The van der Waals surface area contributed by atoms with Crippen molar-refractivity contribution in [2.75, 3.05) is 6.61 Å². The molecule has 6 nitrogen and oxygen atoms in total. The molecule has 0 bridgehead atoms. The zero-order valence-corrected chi connectivity index (χ0v) is 16.9. The van der Waals surface area contributed by atoms with E-state index in [4.69, 9.17) is 19.9 Å². The van der Waals surface area contributed by atoms with Gasteiger partial charge in [0.15, 0.2) is 11.6 Å². The number of carbonyl (C=O) groups excluding carboxylic acids is 1. The topological polar surface area (TPSA) is 94.6 Å². The van der Waals surface area contributed by atoms with Gasteiger partial charge >= 0.3 is 5.97 Å². The lowest BCUT2D eigenvalue weighted by molar-refractivity contribution is -0.139. The molecule has 0 saturated carbocycles. The Labute approximate surface area is 178 Å². The lowest BCUT2D eigenvalue weighted by Crippen LogP contribution is -2.25. The Bertz CT molecular complexity index is 1100. The van der Waals surface area contributed by atoms with Crippen LogP contribution in [0, 0.1) is 23.0 Å². The maximum Gasteiger partial charge on any atom is 0.338 e. The number of nitriles is 1. The molecule has 1 aliphatic heterocycles. The number of rotatable bonds is 6. The molecule has 1 atom stereocenters. The van der Waals surface area contributed by atoms with Gasteiger partial charge in [-0.05, 0) is 49.2 Å². The third kappa shape index (κ3) is 4.67. The quantitative estimate of drug-likeness (QED) is 0.696. The van der Waals surface area contributed by atoms with E-state index in [2.05, 4.69) is 0 Å². The van der Waals surface area contributed by atoms with Crippen LogP contribution in [0.25, 0.3) is 0 Å². The third-order valence-corrected chi connectivity index (χ3v) is 4.70. The number of benzene rings is 2. The standard InChI is InChI=1S/C23H20F2N2O4/c1-3-29-23(28)20-13(2)31-22(27)17(11-26)21(20)15-6-9-19(18(25)10-15)30-12-14-4-7-16(24)8-5-14/h4-10,21H,3,12,27H2,1-2H3. The van der Waals surface area contributed by atoms with Gasteiger partial charge in [0.25, 0.3) is 0 Å². The van der Waals surface area contributed by atoms with Gasteiger partial charge in [-0.1, -0.05) is 18.2 Å². The number of allylic oxidation sites excluding steroid dienone is 2. The molecular formula is C23H20F2N2O4. The Hall–Kier alpha value is -3.86. The van der Waals surface area contributed by atoms with Crippen molar-refractivity contribution in [3.63, 3.8) is 0 Å². The minimum atomic E-state index is -0.946. The van der Waals surface area contributed by atoms with Crippen LogP contribution in [0.5, 0.6) is 5.75 Å². The van der Waals surface area contributed by atoms with E-state index in [1.807, 2.05) is 6.07 Å². The van der Waals surface area contributed by atoms with Crippen LogP contribution in [-0.4, -0.2) is 12.6 Å². The molecule has 0 amide bonds.